The highest BCUT2D eigenvalue weighted by molar-refractivity contribution is 5.91. The van der Waals surface area contributed by atoms with E-state index in [0.717, 1.165) is 19.2 Å². The van der Waals surface area contributed by atoms with Crippen LogP contribution in [0, 0.1) is 0 Å². The van der Waals surface area contributed by atoms with Gasteiger partial charge in [-0.1, -0.05) is 12.1 Å². The largest absolute Gasteiger partial charge is 0.573 e. The summed E-state index contributed by atoms with van der Waals surface area (Å²) in [6, 6.07) is 5.14. The minimum absolute atomic E-state index is 0.0162. The molecule has 0 spiro atoms. The maximum Gasteiger partial charge on any atom is 0.573 e. The minimum Gasteiger partial charge on any atom is -0.464 e. The predicted octanol–water partition coefficient (Wildman–Crippen LogP) is 1.48. The summed E-state index contributed by atoms with van der Waals surface area (Å²) in [6.07, 6.45) is -4.82. The normalized spacial score (nSPS) is 11.3. The second-order valence-corrected chi connectivity index (χ2v) is 4.87. The van der Waals surface area contributed by atoms with Crippen LogP contribution in [-0.4, -0.2) is 50.0 Å². The molecule has 142 valence electrons. The van der Waals surface area contributed by atoms with E-state index in [-0.39, 0.29) is 29.6 Å². The SMILES string of the molecule is COC(=O)c1nonc1NCn1nnnc1-c1cccc(OC(F)(F)F)c1. The molecule has 0 aliphatic rings. The van der Waals surface area contributed by atoms with Crippen molar-refractivity contribution in [2.75, 3.05) is 12.4 Å². The average molecular weight is 385 g/mol. The number of anilines is 1. The standard InChI is InChI=1S/C13H10F3N7O4/c1-25-12(24)9-10(20-27-19-9)17-6-23-11(18-21-22-23)7-3-2-4-8(5-7)26-13(14,15)16/h2-5H,6H2,1H3,(H,17,20). The summed E-state index contributed by atoms with van der Waals surface area (Å²) in [4.78, 5) is 11.5. The lowest BCUT2D eigenvalue weighted by atomic mass is 10.2. The number of hydrogen-bond acceptors (Lipinski definition) is 10. The number of esters is 1. The van der Waals surface area contributed by atoms with Gasteiger partial charge in [0, 0.05) is 5.56 Å². The third-order valence-corrected chi connectivity index (χ3v) is 3.12. The number of hydrogen-bond donors (Lipinski definition) is 1. The molecule has 0 bridgehead atoms. The van der Waals surface area contributed by atoms with Crippen LogP contribution in [0.2, 0.25) is 0 Å². The van der Waals surface area contributed by atoms with E-state index >= 15 is 0 Å². The zero-order valence-electron chi connectivity index (χ0n) is 13.5. The highest BCUT2D eigenvalue weighted by Crippen LogP contribution is 2.26. The Labute approximate surface area is 148 Å². The first-order chi connectivity index (χ1) is 12.9. The average Bonchev–Trinajstić information content (AvgIpc) is 3.27. The van der Waals surface area contributed by atoms with Gasteiger partial charge in [-0.2, -0.15) is 0 Å². The number of nitrogens with one attached hydrogen (secondary N) is 1. The quantitative estimate of drug-likeness (QED) is 0.623. The molecule has 1 N–H and O–H groups in total. The number of alkyl halides is 3. The molecule has 27 heavy (non-hydrogen) atoms. The third-order valence-electron chi connectivity index (χ3n) is 3.12. The Hall–Kier alpha value is -3.71. The molecule has 0 aliphatic carbocycles. The Morgan fingerprint density at radius 2 is 2.15 bits per heavy atom. The van der Waals surface area contributed by atoms with Crippen molar-refractivity contribution in [1.29, 1.82) is 0 Å². The number of methoxy groups -OCH3 is 1. The number of nitrogens with zero attached hydrogens (tertiary/aromatic N) is 6. The zero-order valence-corrected chi connectivity index (χ0v) is 13.5. The van der Waals surface area contributed by atoms with Crippen LogP contribution in [0.3, 0.4) is 0 Å². The number of carbonyl (C=O) groups excluding carboxylic acids is 1. The fraction of sp³-hybridized carbons (Fsp3) is 0.231. The van der Waals surface area contributed by atoms with Crippen molar-refractivity contribution < 1.29 is 32.1 Å². The second-order valence-electron chi connectivity index (χ2n) is 4.87. The first-order valence-electron chi connectivity index (χ1n) is 7.14. The van der Waals surface area contributed by atoms with Crippen molar-refractivity contribution in [2.24, 2.45) is 0 Å². The van der Waals surface area contributed by atoms with Crippen molar-refractivity contribution in [1.82, 2.24) is 30.5 Å². The first kappa shape index (κ1) is 18.1. The molecule has 0 amide bonds. The van der Waals surface area contributed by atoms with E-state index in [2.05, 4.69) is 45.3 Å². The molecule has 0 saturated heterocycles. The van der Waals surface area contributed by atoms with Crippen LogP contribution in [0.5, 0.6) is 5.75 Å². The monoisotopic (exact) mass is 385 g/mol. The minimum atomic E-state index is -4.82. The number of halogens is 3. The molecule has 0 unspecified atom stereocenters. The van der Waals surface area contributed by atoms with Crippen LogP contribution < -0.4 is 10.1 Å². The van der Waals surface area contributed by atoms with Crippen molar-refractivity contribution in [3.8, 4) is 17.1 Å². The molecular formula is C13H10F3N7O4. The van der Waals surface area contributed by atoms with E-state index in [9.17, 15) is 18.0 Å². The van der Waals surface area contributed by atoms with Gasteiger partial charge in [0.05, 0.1) is 7.11 Å². The molecule has 3 rings (SSSR count). The molecule has 11 nitrogen and oxygen atoms in total. The van der Waals surface area contributed by atoms with Gasteiger partial charge in [0.15, 0.2) is 5.82 Å². The fourth-order valence-corrected chi connectivity index (χ4v) is 2.04. The Morgan fingerprint density at radius 3 is 2.89 bits per heavy atom. The molecule has 2 aromatic heterocycles. The molecule has 0 radical (unpaired) electrons. The van der Waals surface area contributed by atoms with E-state index in [1.807, 2.05) is 0 Å². The van der Waals surface area contributed by atoms with Gasteiger partial charge in [-0.3, -0.25) is 0 Å². The first-order valence-corrected chi connectivity index (χ1v) is 7.14. The van der Waals surface area contributed by atoms with Gasteiger partial charge < -0.3 is 14.8 Å². The summed E-state index contributed by atoms with van der Waals surface area (Å²) in [5.41, 5.74) is 0.0859. The lowest BCUT2D eigenvalue weighted by Gasteiger charge is -2.10. The van der Waals surface area contributed by atoms with Crippen LogP contribution in [0.15, 0.2) is 28.9 Å². The molecule has 3 aromatic rings. The van der Waals surface area contributed by atoms with Crippen LogP contribution >= 0.6 is 0 Å². The Kier molecular flexibility index (Phi) is 4.87. The summed E-state index contributed by atoms with van der Waals surface area (Å²) < 4.78 is 51.2. The summed E-state index contributed by atoms with van der Waals surface area (Å²) in [7, 11) is 1.16. The zero-order chi connectivity index (χ0) is 19.4. The van der Waals surface area contributed by atoms with Crippen molar-refractivity contribution in [3.63, 3.8) is 0 Å². The van der Waals surface area contributed by atoms with Crippen molar-refractivity contribution in [3.05, 3.63) is 30.0 Å². The van der Waals surface area contributed by atoms with Gasteiger partial charge in [-0.15, -0.1) is 18.3 Å². The van der Waals surface area contributed by atoms with E-state index < -0.39 is 18.1 Å². The molecule has 0 saturated carbocycles. The Morgan fingerprint density at radius 1 is 1.33 bits per heavy atom. The maximum atomic E-state index is 12.4. The number of ether oxygens (including phenoxy) is 2. The molecule has 0 aliphatic heterocycles. The smallest absolute Gasteiger partial charge is 0.464 e. The van der Waals surface area contributed by atoms with Gasteiger partial charge >= 0.3 is 12.3 Å². The van der Waals surface area contributed by atoms with Gasteiger partial charge in [0.1, 0.15) is 12.4 Å². The number of aromatic nitrogens is 6. The maximum absolute atomic E-state index is 12.4. The fourth-order valence-electron chi connectivity index (χ4n) is 2.04. The van der Waals surface area contributed by atoms with Gasteiger partial charge in [0.25, 0.3) is 0 Å². The van der Waals surface area contributed by atoms with E-state index in [1.165, 1.54) is 16.8 Å². The van der Waals surface area contributed by atoms with E-state index in [0.29, 0.717) is 0 Å². The summed E-state index contributed by atoms with van der Waals surface area (Å²) in [6.45, 7) is -0.0924. The van der Waals surface area contributed by atoms with Crippen LogP contribution in [0.1, 0.15) is 10.5 Å². The van der Waals surface area contributed by atoms with Crippen LogP contribution in [0.25, 0.3) is 11.4 Å². The molecule has 0 atom stereocenters. The highest BCUT2D eigenvalue weighted by atomic mass is 19.4. The number of carbonyl (C=O) groups is 1. The molecule has 2 heterocycles. The third kappa shape index (κ3) is 4.28. The number of benzene rings is 1. The Bertz CT molecular complexity index is 940. The van der Waals surface area contributed by atoms with E-state index in [4.69, 9.17) is 0 Å². The summed E-state index contributed by atoms with van der Waals surface area (Å²) in [5.74, 6) is -1.06. The summed E-state index contributed by atoms with van der Waals surface area (Å²) >= 11 is 0. The lowest BCUT2D eigenvalue weighted by Crippen LogP contribution is -2.17. The lowest BCUT2D eigenvalue weighted by molar-refractivity contribution is -0.274. The molecular weight excluding hydrogens is 375 g/mol. The number of rotatable bonds is 6. The van der Waals surface area contributed by atoms with E-state index in [1.54, 1.807) is 0 Å². The van der Waals surface area contributed by atoms with Crippen molar-refractivity contribution in [2.45, 2.75) is 13.0 Å². The predicted molar refractivity (Wildman–Crippen MR) is 79.2 cm³/mol. The number of tetrazole rings is 1. The second kappa shape index (κ2) is 7.27. The van der Waals surface area contributed by atoms with Crippen molar-refractivity contribution >= 4 is 11.8 Å². The van der Waals surface area contributed by atoms with Gasteiger partial charge in [0.2, 0.25) is 11.5 Å². The van der Waals surface area contributed by atoms with Crippen LogP contribution in [0.4, 0.5) is 19.0 Å². The van der Waals surface area contributed by atoms with Gasteiger partial charge in [-0.25, -0.2) is 14.1 Å². The summed E-state index contributed by atoms with van der Waals surface area (Å²) in [5, 5.41) is 20.6. The topological polar surface area (TPSA) is 130 Å². The van der Waals surface area contributed by atoms with Gasteiger partial charge in [-0.05, 0) is 32.9 Å². The highest BCUT2D eigenvalue weighted by Gasteiger charge is 2.31. The molecule has 1 aromatic carbocycles. The molecule has 14 heteroatoms. The molecule has 0 fully saturated rings. The van der Waals surface area contributed by atoms with Crippen LogP contribution in [-0.2, 0) is 11.4 Å². The Balaban J connectivity index is 1.78.